The highest BCUT2D eigenvalue weighted by atomic mass is 14.7. The Morgan fingerprint density at radius 2 is 1.57 bits per heavy atom. The van der Waals surface area contributed by atoms with Gasteiger partial charge in [0.25, 0.3) is 0 Å². The molecule has 2 heteroatoms. The molecule has 23 heavy (non-hydrogen) atoms. The second-order valence-corrected chi connectivity index (χ2v) is 8.00. The van der Waals surface area contributed by atoms with Crippen LogP contribution < -0.4 is 11.5 Å². The summed E-state index contributed by atoms with van der Waals surface area (Å²) in [6.07, 6.45) is 14.1. The number of fused-ring (bicyclic) bond motifs is 1. The molecule has 1 aliphatic carbocycles. The van der Waals surface area contributed by atoms with Crippen LogP contribution in [0.2, 0.25) is 0 Å². The first-order valence-electron chi connectivity index (χ1n) is 9.67. The lowest BCUT2D eigenvalue weighted by Crippen LogP contribution is -2.16. The van der Waals surface area contributed by atoms with Gasteiger partial charge >= 0.3 is 0 Å². The maximum atomic E-state index is 6.53. The Bertz CT molecular complexity index is 517. The molecule has 0 unspecified atom stereocenters. The first-order chi connectivity index (χ1) is 11.0. The van der Waals surface area contributed by atoms with Crippen LogP contribution in [0.5, 0.6) is 0 Å². The van der Waals surface area contributed by atoms with Crippen LogP contribution in [0.4, 0.5) is 11.4 Å². The van der Waals surface area contributed by atoms with Crippen molar-refractivity contribution in [3.05, 3.63) is 22.8 Å². The van der Waals surface area contributed by atoms with Gasteiger partial charge < -0.3 is 11.5 Å². The normalized spacial score (nSPS) is 15.8. The molecule has 130 valence electrons. The molecular formula is C21H36N2. The van der Waals surface area contributed by atoms with Crippen molar-refractivity contribution in [3.63, 3.8) is 0 Å². The summed E-state index contributed by atoms with van der Waals surface area (Å²) in [6, 6.07) is 2.19. The predicted octanol–water partition coefficient (Wildman–Crippen LogP) is 5.76. The first-order valence-corrected chi connectivity index (χ1v) is 9.67. The molecule has 0 radical (unpaired) electrons. The number of benzene rings is 1. The van der Waals surface area contributed by atoms with Crippen LogP contribution in [0.1, 0.15) is 95.2 Å². The first kappa shape index (κ1) is 18.2. The molecule has 0 amide bonds. The van der Waals surface area contributed by atoms with E-state index in [-0.39, 0.29) is 5.41 Å². The molecule has 0 fully saturated rings. The zero-order valence-electron chi connectivity index (χ0n) is 15.5. The van der Waals surface area contributed by atoms with Crippen LogP contribution in [0, 0.1) is 0 Å². The third kappa shape index (κ3) is 4.43. The van der Waals surface area contributed by atoms with E-state index < -0.39 is 0 Å². The highest BCUT2D eigenvalue weighted by molar-refractivity contribution is 5.71. The Labute approximate surface area is 143 Å². The zero-order chi connectivity index (χ0) is 16.9. The Morgan fingerprint density at radius 3 is 2.22 bits per heavy atom. The summed E-state index contributed by atoms with van der Waals surface area (Å²) in [6.45, 7) is 6.89. The topological polar surface area (TPSA) is 52.0 Å². The number of nitrogen functional groups attached to an aromatic ring is 2. The van der Waals surface area contributed by atoms with Crippen LogP contribution >= 0.6 is 0 Å². The molecule has 0 atom stereocenters. The summed E-state index contributed by atoms with van der Waals surface area (Å²) in [5.74, 6) is 0. The minimum Gasteiger partial charge on any atom is -0.398 e. The lowest BCUT2D eigenvalue weighted by Gasteiger charge is -2.23. The molecule has 0 saturated heterocycles. The fraction of sp³-hybridized carbons (Fsp3) is 0.714. The number of unbranched alkanes of at least 4 members (excludes halogenated alkanes) is 7. The van der Waals surface area contributed by atoms with Crippen LogP contribution in [-0.2, 0) is 18.3 Å². The van der Waals surface area contributed by atoms with E-state index >= 15 is 0 Å². The lowest BCUT2D eigenvalue weighted by atomic mass is 9.83. The van der Waals surface area contributed by atoms with Gasteiger partial charge in [-0.15, -0.1) is 0 Å². The fourth-order valence-corrected chi connectivity index (χ4v) is 4.11. The largest absolute Gasteiger partial charge is 0.398 e. The number of aryl methyl sites for hydroxylation is 1. The third-order valence-corrected chi connectivity index (χ3v) is 5.57. The molecular weight excluding hydrogens is 280 g/mol. The average Bonchev–Trinajstić information content (AvgIpc) is 2.79. The molecule has 0 heterocycles. The van der Waals surface area contributed by atoms with Crippen molar-refractivity contribution in [1.29, 1.82) is 0 Å². The molecule has 1 aromatic carbocycles. The predicted molar refractivity (Wildman–Crippen MR) is 103 cm³/mol. The molecule has 2 rings (SSSR count). The van der Waals surface area contributed by atoms with Gasteiger partial charge in [0, 0.05) is 11.4 Å². The summed E-state index contributed by atoms with van der Waals surface area (Å²) in [7, 11) is 0. The average molecular weight is 317 g/mol. The van der Waals surface area contributed by atoms with E-state index in [1.165, 1.54) is 74.5 Å². The van der Waals surface area contributed by atoms with Crippen LogP contribution in [0.25, 0.3) is 0 Å². The molecule has 2 nitrogen and oxygen atoms in total. The Hall–Kier alpha value is -1.18. The molecule has 0 bridgehead atoms. The van der Waals surface area contributed by atoms with Crippen LogP contribution in [0.3, 0.4) is 0 Å². The highest BCUT2D eigenvalue weighted by Crippen LogP contribution is 2.44. The van der Waals surface area contributed by atoms with E-state index in [9.17, 15) is 0 Å². The van der Waals surface area contributed by atoms with Gasteiger partial charge in [0.1, 0.15) is 0 Å². The van der Waals surface area contributed by atoms with Crippen LogP contribution in [-0.4, -0.2) is 0 Å². The van der Waals surface area contributed by atoms with Gasteiger partial charge in [0.2, 0.25) is 0 Å². The monoisotopic (exact) mass is 316 g/mol. The second kappa shape index (κ2) is 8.08. The third-order valence-electron chi connectivity index (χ3n) is 5.57. The highest BCUT2D eigenvalue weighted by Gasteiger charge is 2.33. The van der Waals surface area contributed by atoms with E-state index in [4.69, 9.17) is 11.5 Å². The fourth-order valence-electron chi connectivity index (χ4n) is 4.11. The zero-order valence-corrected chi connectivity index (χ0v) is 15.5. The lowest BCUT2D eigenvalue weighted by molar-refractivity contribution is 0.523. The van der Waals surface area contributed by atoms with Crippen molar-refractivity contribution in [3.8, 4) is 0 Å². The van der Waals surface area contributed by atoms with E-state index in [0.717, 1.165) is 24.2 Å². The molecule has 0 spiro atoms. The summed E-state index contributed by atoms with van der Waals surface area (Å²) in [5.41, 5.74) is 18.9. The van der Waals surface area contributed by atoms with Gasteiger partial charge in [-0.25, -0.2) is 0 Å². The molecule has 1 aromatic rings. The molecule has 0 saturated carbocycles. The smallest absolute Gasteiger partial charge is 0.0408 e. The Balaban J connectivity index is 1.87. The number of hydrogen-bond donors (Lipinski definition) is 2. The molecule has 0 aromatic heterocycles. The van der Waals surface area contributed by atoms with Crippen molar-refractivity contribution in [2.75, 3.05) is 11.5 Å². The maximum Gasteiger partial charge on any atom is 0.0408 e. The summed E-state index contributed by atoms with van der Waals surface area (Å²) < 4.78 is 0. The standard InChI is InChI=1S/C21H36N2/c1-4-5-6-7-8-9-10-11-12-17-18(22)15-16-13-14-21(2,3)19(16)20(17)23/h15H,4-14,22-23H2,1-3H3. The van der Waals surface area contributed by atoms with E-state index in [2.05, 4.69) is 26.8 Å². The number of hydrogen-bond acceptors (Lipinski definition) is 2. The van der Waals surface area contributed by atoms with E-state index in [0.29, 0.717) is 0 Å². The van der Waals surface area contributed by atoms with Gasteiger partial charge in [-0.2, -0.15) is 0 Å². The van der Waals surface area contributed by atoms with Crippen molar-refractivity contribution in [1.82, 2.24) is 0 Å². The van der Waals surface area contributed by atoms with Gasteiger partial charge in [0.15, 0.2) is 0 Å². The minimum atomic E-state index is 0.209. The quantitative estimate of drug-likeness (QED) is 0.449. The van der Waals surface area contributed by atoms with Gasteiger partial charge in [-0.3, -0.25) is 0 Å². The Kier molecular flexibility index (Phi) is 6.38. The number of nitrogens with two attached hydrogens (primary N) is 2. The minimum absolute atomic E-state index is 0.209. The summed E-state index contributed by atoms with van der Waals surface area (Å²) in [4.78, 5) is 0. The molecule has 0 aliphatic heterocycles. The number of rotatable bonds is 9. The Morgan fingerprint density at radius 1 is 0.957 bits per heavy atom. The number of anilines is 2. The van der Waals surface area contributed by atoms with E-state index in [1.54, 1.807) is 0 Å². The van der Waals surface area contributed by atoms with Gasteiger partial charge in [-0.1, -0.05) is 65.7 Å². The van der Waals surface area contributed by atoms with Crippen molar-refractivity contribution >= 4 is 11.4 Å². The van der Waals surface area contributed by atoms with Crippen molar-refractivity contribution in [2.45, 2.75) is 96.8 Å². The molecule has 1 aliphatic rings. The van der Waals surface area contributed by atoms with Gasteiger partial charge in [-0.05, 0) is 53.9 Å². The van der Waals surface area contributed by atoms with Crippen LogP contribution in [0.15, 0.2) is 6.07 Å². The SMILES string of the molecule is CCCCCCCCCCc1c(N)cc2c(c1N)C(C)(C)CC2. The molecule has 4 N–H and O–H groups in total. The van der Waals surface area contributed by atoms with E-state index in [1.807, 2.05) is 0 Å². The summed E-state index contributed by atoms with van der Waals surface area (Å²) in [5, 5.41) is 0. The maximum absolute atomic E-state index is 6.53. The van der Waals surface area contributed by atoms with Gasteiger partial charge in [0.05, 0.1) is 0 Å². The summed E-state index contributed by atoms with van der Waals surface area (Å²) >= 11 is 0. The van der Waals surface area contributed by atoms with Crippen molar-refractivity contribution < 1.29 is 0 Å². The van der Waals surface area contributed by atoms with Crippen molar-refractivity contribution in [2.24, 2.45) is 0 Å². The second-order valence-electron chi connectivity index (χ2n) is 8.00.